The van der Waals surface area contributed by atoms with Crippen molar-refractivity contribution in [3.63, 3.8) is 0 Å². The molecule has 31 heavy (non-hydrogen) atoms. The Balaban J connectivity index is 1.79. The SMILES string of the molecule is Cc1cc(-c2cnn(CCCCC(=O)O)c2)c2c(c1)[C@@](O)(C(F)(F)F)c1ccccc1-2. The quantitative estimate of drug-likeness (QED) is 0.546. The van der Waals surface area contributed by atoms with Gasteiger partial charge in [0.1, 0.15) is 0 Å². The lowest BCUT2D eigenvalue weighted by Crippen LogP contribution is -2.41. The molecule has 8 heteroatoms. The van der Waals surface area contributed by atoms with Crippen LogP contribution in [-0.4, -0.2) is 32.1 Å². The molecule has 0 bridgehead atoms. The van der Waals surface area contributed by atoms with Gasteiger partial charge in [0.25, 0.3) is 0 Å². The van der Waals surface area contributed by atoms with Crippen molar-refractivity contribution < 1.29 is 28.2 Å². The second-order valence-electron chi connectivity index (χ2n) is 7.83. The number of alkyl halides is 3. The largest absolute Gasteiger partial charge is 0.481 e. The minimum atomic E-state index is -4.88. The van der Waals surface area contributed by atoms with Crippen molar-refractivity contribution in [2.24, 2.45) is 0 Å². The molecule has 4 rings (SSSR count). The normalized spacial score (nSPS) is 17.5. The highest BCUT2D eigenvalue weighted by molar-refractivity contribution is 5.92. The molecular weight excluding hydrogens is 409 g/mol. The van der Waals surface area contributed by atoms with Crippen molar-refractivity contribution in [3.8, 4) is 22.3 Å². The number of halogens is 3. The van der Waals surface area contributed by atoms with Crippen molar-refractivity contribution in [2.75, 3.05) is 0 Å². The smallest absolute Gasteiger partial charge is 0.425 e. The van der Waals surface area contributed by atoms with Crippen LogP contribution in [0.1, 0.15) is 36.0 Å². The summed E-state index contributed by atoms with van der Waals surface area (Å²) in [6, 6.07) is 9.23. The fourth-order valence-electron chi connectivity index (χ4n) is 4.23. The zero-order valence-electron chi connectivity index (χ0n) is 16.8. The zero-order chi connectivity index (χ0) is 22.4. The highest BCUT2D eigenvalue weighted by atomic mass is 19.4. The molecule has 3 aromatic rings. The number of hydrogen-bond acceptors (Lipinski definition) is 3. The number of aryl methyl sites for hydroxylation is 2. The maximum atomic E-state index is 14.1. The van der Waals surface area contributed by atoms with Crippen LogP contribution in [0.3, 0.4) is 0 Å². The maximum absolute atomic E-state index is 14.1. The summed E-state index contributed by atoms with van der Waals surface area (Å²) in [6.07, 6.45) is -0.352. The Morgan fingerprint density at radius 3 is 2.58 bits per heavy atom. The Kier molecular flexibility index (Phi) is 5.13. The summed E-state index contributed by atoms with van der Waals surface area (Å²) in [4.78, 5) is 10.6. The van der Waals surface area contributed by atoms with Gasteiger partial charge in [0, 0.05) is 35.9 Å². The molecule has 2 N–H and O–H groups in total. The van der Waals surface area contributed by atoms with Crippen molar-refractivity contribution >= 4 is 5.97 Å². The summed E-state index contributed by atoms with van der Waals surface area (Å²) in [5.74, 6) is -0.854. The first kappa shape index (κ1) is 21.1. The topological polar surface area (TPSA) is 75.4 Å². The monoisotopic (exact) mass is 430 g/mol. The number of fused-ring (bicyclic) bond motifs is 3. The summed E-state index contributed by atoms with van der Waals surface area (Å²) in [7, 11) is 0. The summed E-state index contributed by atoms with van der Waals surface area (Å²) in [6.45, 7) is 2.20. The number of rotatable bonds is 6. The molecule has 162 valence electrons. The van der Waals surface area contributed by atoms with E-state index in [1.54, 1.807) is 42.2 Å². The van der Waals surface area contributed by atoms with Crippen molar-refractivity contribution in [1.29, 1.82) is 0 Å². The van der Waals surface area contributed by atoms with E-state index in [-0.39, 0.29) is 17.5 Å². The summed E-state index contributed by atoms with van der Waals surface area (Å²) in [5.41, 5.74) is -0.923. The molecule has 2 aromatic carbocycles. The second kappa shape index (κ2) is 7.53. The minimum Gasteiger partial charge on any atom is -0.481 e. The molecule has 1 atom stereocenters. The van der Waals surface area contributed by atoms with E-state index in [9.17, 15) is 23.1 Å². The highest BCUT2D eigenvalue weighted by Gasteiger charge is 2.61. The lowest BCUT2D eigenvalue weighted by molar-refractivity contribution is -0.246. The molecule has 0 aliphatic heterocycles. The van der Waals surface area contributed by atoms with Gasteiger partial charge in [-0.15, -0.1) is 0 Å². The van der Waals surface area contributed by atoms with Gasteiger partial charge in [-0.05, 0) is 36.5 Å². The van der Waals surface area contributed by atoms with E-state index >= 15 is 0 Å². The number of benzene rings is 2. The van der Waals surface area contributed by atoms with Crippen LogP contribution >= 0.6 is 0 Å². The summed E-state index contributed by atoms with van der Waals surface area (Å²) >= 11 is 0. The molecule has 0 radical (unpaired) electrons. The van der Waals surface area contributed by atoms with Crippen LogP contribution in [0.25, 0.3) is 22.3 Å². The molecule has 1 aliphatic rings. The molecule has 0 spiro atoms. The second-order valence-corrected chi connectivity index (χ2v) is 7.83. The van der Waals surface area contributed by atoms with Gasteiger partial charge < -0.3 is 10.2 Å². The number of nitrogens with zero attached hydrogens (tertiary/aromatic N) is 2. The number of carbonyl (C=O) groups is 1. The number of unbranched alkanes of at least 4 members (excludes halogenated alkanes) is 1. The number of carboxylic acids is 1. The van der Waals surface area contributed by atoms with Crippen LogP contribution < -0.4 is 0 Å². The Hall–Kier alpha value is -3.13. The van der Waals surface area contributed by atoms with E-state index in [4.69, 9.17) is 5.11 Å². The van der Waals surface area contributed by atoms with Gasteiger partial charge in [-0.3, -0.25) is 9.48 Å². The van der Waals surface area contributed by atoms with Gasteiger partial charge in [0.15, 0.2) is 0 Å². The average Bonchev–Trinajstić information content (AvgIpc) is 3.27. The van der Waals surface area contributed by atoms with E-state index in [0.717, 1.165) is 0 Å². The van der Waals surface area contributed by atoms with E-state index in [1.165, 1.54) is 18.2 Å². The standard InChI is InChI=1S/C23H21F3N2O3/c1-14-10-17(15-12-27-28(13-15)9-5-4-8-20(29)30)21-16-6-2-3-7-18(16)22(31,19(21)11-14)23(24,25)26/h2-3,6-7,10-13,31H,4-5,8-9H2,1H3,(H,29,30)/t22-/m1/s1. The van der Waals surface area contributed by atoms with Crippen LogP contribution in [0.4, 0.5) is 13.2 Å². The number of hydrogen-bond donors (Lipinski definition) is 2. The van der Waals surface area contributed by atoms with Crippen LogP contribution in [0.2, 0.25) is 0 Å². The molecule has 5 nitrogen and oxygen atoms in total. The molecule has 1 aromatic heterocycles. The zero-order valence-corrected chi connectivity index (χ0v) is 16.8. The lowest BCUT2D eigenvalue weighted by Gasteiger charge is -2.28. The van der Waals surface area contributed by atoms with E-state index in [0.29, 0.717) is 47.2 Å². The first-order chi connectivity index (χ1) is 14.6. The van der Waals surface area contributed by atoms with Gasteiger partial charge >= 0.3 is 12.1 Å². The van der Waals surface area contributed by atoms with Gasteiger partial charge in [-0.2, -0.15) is 18.3 Å². The average molecular weight is 430 g/mol. The van der Waals surface area contributed by atoms with Gasteiger partial charge in [-0.1, -0.05) is 42.0 Å². The van der Waals surface area contributed by atoms with E-state index < -0.39 is 17.7 Å². The third-order valence-electron chi connectivity index (χ3n) is 5.64. The third-order valence-corrected chi connectivity index (χ3v) is 5.64. The highest BCUT2D eigenvalue weighted by Crippen LogP contribution is 2.57. The van der Waals surface area contributed by atoms with Crippen molar-refractivity contribution in [2.45, 2.75) is 44.5 Å². The molecule has 0 saturated heterocycles. The van der Waals surface area contributed by atoms with Crippen molar-refractivity contribution in [3.05, 3.63) is 65.5 Å². The molecule has 0 saturated carbocycles. The molecule has 1 aliphatic carbocycles. The summed E-state index contributed by atoms with van der Waals surface area (Å²) < 4.78 is 43.9. The number of aliphatic hydroxyl groups is 1. The van der Waals surface area contributed by atoms with Crippen LogP contribution in [0.15, 0.2) is 48.8 Å². The maximum Gasteiger partial charge on any atom is 0.425 e. The van der Waals surface area contributed by atoms with Crippen molar-refractivity contribution in [1.82, 2.24) is 9.78 Å². The Morgan fingerprint density at radius 2 is 1.87 bits per heavy atom. The fourth-order valence-corrected chi connectivity index (χ4v) is 4.23. The molecular formula is C23H21F3N2O3. The van der Waals surface area contributed by atoms with Gasteiger partial charge in [0.05, 0.1) is 6.20 Å². The number of carboxylic acid groups (broad SMARTS) is 1. The van der Waals surface area contributed by atoms with E-state index in [1.807, 2.05) is 0 Å². The van der Waals surface area contributed by atoms with Gasteiger partial charge in [0.2, 0.25) is 5.60 Å². The summed E-state index contributed by atoms with van der Waals surface area (Å²) in [5, 5.41) is 24.0. The lowest BCUT2D eigenvalue weighted by atomic mass is 9.88. The predicted molar refractivity (Wildman–Crippen MR) is 108 cm³/mol. The third kappa shape index (κ3) is 3.50. The van der Waals surface area contributed by atoms with Crippen LogP contribution in [0, 0.1) is 6.92 Å². The predicted octanol–water partition coefficient (Wildman–Crippen LogP) is 4.89. The molecule has 0 fully saturated rings. The number of aliphatic carboxylic acids is 1. The molecule has 0 amide bonds. The molecule has 0 unspecified atom stereocenters. The van der Waals surface area contributed by atoms with E-state index in [2.05, 4.69) is 5.10 Å². The Morgan fingerprint density at radius 1 is 1.13 bits per heavy atom. The molecule has 1 heterocycles. The fraction of sp³-hybridized carbons (Fsp3) is 0.304. The number of aromatic nitrogens is 2. The first-order valence-electron chi connectivity index (χ1n) is 9.91. The van der Waals surface area contributed by atoms with Gasteiger partial charge in [-0.25, -0.2) is 0 Å². The van der Waals surface area contributed by atoms with Crippen LogP contribution in [-0.2, 0) is 16.9 Å². The minimum absolute atomic E-state index is 0.0757. The van der Waals surface area contributed by atoms with Crippen LogP contribution in [0.5, 0.6) is 0 Å². The first-order valence-corrected chi connectivity index (χ1v) is 9.91. The Labute approximate surface area is 176 Å². The Bertz CT molecular complexity index is 1150.